The number of piperazine rings is 1. The molecule has 3 N–H and O–H groups in total. The van der Waals surface area contributed by atoms with Crippen LogP contribution in [0.15, 0.2) is 71.9 Å². The van der Waals surface area contributed by atoms with E-state index in [0.29, 0.717) is 11.5 Å². The molecule has 5 rings (SSSR count). The molecule has 0 atom stereocenters. The van der Waals surface area contributed by atoms with Gasteiger partial charge >= 0.3 is 0 Å². The molecule has 0 radical (unpaired) electrons. The molecule has 1 fully saturated rings. The maximum absolute atomic E-state index is 6.31. The molecule has 1 saturated heterocycles. The average Bonchev–Trinajstić information content (AvgIpc) is 3.24. The average molecular weight is 412 g/mol. The smallest absolute Gasteiger partial charge is 0.150 e. The molecule has 2 aromatic carbocycles. The number of anilines is 1. The number of aromatic nitrogens is 3. The lowest BCUT2D eigenvalue weighted by molar-refractivity contribution is 0.313. The molecule has 4 aromatic rings. The second kappa shape index (κ2) is 8.20. The number of likely N-dealkylation sites (N-methyl/N-ethyl adjacent to an activating group) is 1. The number of nitrogens with two attached hydrogens (primary N) is 1. The fourth-order valence-corrected chi connectivity index (χ4v) is 3.87. The highest BCUT2D eigenvalue weighted by Crippen LogP contribution is 2.26. The Morgan fingerprint density at radius 1 is 1.00 bits per heavy atom. The molecule has 0 spiro atoms. The lowest BCUT2D eigenvalue weighted by Gasteiger charge is -2.34. The van der Waals surface area contributed by atoms with E-state index in [9.17, 15) is 0 Å². The molecule has 1 aliphatic rings. The molecule has 2 aromatic heterocycles. The van der Waals surface area contributed by atoms with Gasteiger partial charge in [0.2, 0.25) is 0 Å². The number of pyridine rings is 1. The molecule has 7 heteroatoms. The van der Waals surface area contributed by atoms with Crippen molar-refractivity contribution in [1.82, 2.24) is 20.1 Å². The highest BCUT2D eigenvalue weighted by atomic mass is 15.2. The van der Waals surface area contributed by atoms with E-state index in [4.69, 9.17) is 5.73 Å². The first-order chi connectivity index (χ1) is 15.2. The summed E-state index contributed by atoms with van der Waals surface area (Å²) in [6.45, 7) is 4.25. The number of aliphatic imine (C=N–C) groups is 1. The van der Waals surface area contributed by atoms with Crippen molar-refractivity contribution in [2.75, 3.05) is 38.1 Å². The van der Waals surface area contributed by atoms with Crippen molar-refractivity contribution < 1.29 is 0 Å². The first kappa shape index (κ1) is 19.3. The van der Waals surface area contributed by atoms with Gasteiger partial charge in [-0.15, -0.1) is 0 Å². The summed E-state index contributed by atoms with van der Waals surface area (Å²) < 4.78 is 0. The number of nitrogens with zero attached hydrogens (tertiary/aromatic N) is 5. The molecule has 3 heterocycles. The zero-order valence-electron chi connectivity index (χ0n) is 17.5. The maximum Gasteiger partial charge on any atom is 0.150 e. The molecule has 1 aliphatic heterocycles. The quantitative estimate of drug-likeness (QED) is 0.397. The van der Waals surface area contributed by atoms with Crippen molar-refractivity contribution in [1.29, 1.82) is 0 Å². The highest BCUT2D eigenvalue weighted by Gasteiger charge is 2.14. The summed E-state index contributed by atoms with van der Waals surface area (Å²) in [6.07, 6.45) is 1.75. The predicted molar refractivity (Wildman–Crippen MR) is 126 cm³/mol. The molecular formula is C24H25N7. The van der Waals surface area contributed by atoms with Crippen molar-refractivity contribution in [3.63, 3.8) is 0 Å². The van der Waals surface area contributed by atoms with Gasteiger partial charge in [-0.05, 0) is 37.4 Å². The van der Waals surface area contributed by atoms with Crippen LogP contribution in [0, 0.1) is 0 Å². The van der Waals surface area contributed by atoms with E-state index in [1.165, 1.54) is 5.69 Å². The summed E-state index contributed by atoms with van der Waals surface area (Å²) in [5, 5.41) is 8.47. The van der Waals surface area contributed by atoms with Crippen LogP contribution in [-0.4, -0.2) is 59.1 Å². The number of hydrogen-bond donors (Lipinski definition) is 2. The minimum absolute atomic E-state index is 0.384. The van der Waals surface area contributed by atoms with Crippen molar-refractivity contribution in [2.45, 2.75) is 0 Å². The van der Waals surface area contributed by atoms with E-state index in [-0.39, 0.29) is 0 Å². The Balaban J connectivity index is 1.40. The Bertz CT molecular complexity index is 1200. The van der Waals surface area contributed by atoms with Crippen LogP contribution in [0.2, 0.25) is 0 Å². The third kappa shape index (κ3) is 4.00. The molecule has 7 nitrogen and oxygen atoms in total. The van der Waals surface area contributed by atoms with Crippen molar-refractivity contribution >= 4 is 28.1 Å². The molecule has 0 amide bonds. The van der Waals surface area contributed by atoms with E-state index >= 15 is 0 Å². The molecule has 0 saturated carbocycles. The van der Waals surface area contributed by atoms with Gasteiger partial charge in [0.15, 0.2) is 0 Å². The third-order valence-corrected chi connectivity index (χ3v) is 5.72. The topological polar surface area (TPSA) is 86.4 Å². The van der Waals surface area contributed by atoms with Crippen molar-refractivity contribution in [2.24, 2.45) is 10.7 Å². The van der Waals surface area contributed by atoms with Crippen LogP contribution in [0.5, 0.6) is 0 Å². The number of benzene rings is 2. The summed E-state index contributed by atoms with van der Waals surface area (Å²) in [6, 6.07) is 20.2. The van der Waals surface area contributed by atoms with Crippen LogP contribution in [0.4, 0.5) is 11.4 Å². The second-order valence-electron chi connectivity index (χ2n) is 7.86. The van der Waals surface area contributed by atoms with Crippen molar-refractivity contribution in [3.05, 3.63) is 72.6 Å². The number of hydrogen-bond acceptors (Lipinski definition) is 5. The molecule has 31 heavy (non-hydrogen) atoms. The predicted octanol–water partition coefficient (Wildman–Crippen LogP) is 3.41. The summed E-state index contributed by atoms with van der Waals surface area (Å²) in [5.41, 5.74) is 11.8. The number of nitrogens with one attached hydrogen (secondary N) is 1. The Kier molecular flexibility index (Phi) is 5.09. The van der Waals surface area contributed by atoms with Crippen LogP contribution < -0.4 is 10.6 Å². The minimum atomic E-state index is 0.384. The van der Waals surface area contributed by atoms with Gasteiger partial charge in [0.1, 0.15) is 17.2 Å². The summed E-state index contributed by atoms with van der Waals surface area (Å²) in [5.74, 6) is 0.384. The van der Waals surface area contributed by atoms with Gasteiger partial charge in [-0.3, -0.25) is 10.1 Å². The Morgan fingerprint density at radius 2 is 1.74 bits per heavy atom. The number of fused-ring (bicyclic) bond motifs is 1. The van der Waals surface area contributed by atoms with Gasteiger partial charge in [0.05, 0.1) is 17.4 Å². The molecule has 0 aliphatic carbocycles. The zero-order valence-corrected chi connectivity index (χ0v) is 17.5. The van der Waals surface area contributed by atoms with Crippen LogP contribution in [0.3, 0.4) is 0 Å². The normalized spacial score (nSPS) is 15.5. The van der Waals surface area contributed by atoms with Crippen LogP contribution >= 0.6 is 0 Å². The van der Waals surface area contributed by atoms with Crippen LogP contribution in [0.1, 0.15) is 5.69 Å². The highest BCUT2D eigenvalue weighted by molar-refractivity contribution is 6.02. The Labute approximate surface area is 181 Å². The molecule has 0 bridgehead atoms. The van der Waals surface area contributed by atoms with Crippen LogP contribution in [0.25, 0.3) is 22.2 Å². The van der Waals surface area contributed by atoms with E-state index in [1.54, 1.807) is 6.20 Å². The summed E-state index contributed by atoms with van der Waals surface area (Å²) in [7, 11) is 2.16. The number of aromatic amines is 1. The van der Waals surface area contributed by atoms with Gasteiger partial charge in [0.25, 0.3) is 0 Å². The van der Waals surface area contributed by atoms with Gasteiger partial charge in [-0.25, -0.2) is 4.99 Å². The van der Waals surface area contributed by atoms with E-state index in [2.05, 4.69) is 49.2 Å². The van der Waals surface area contributed by atoms with Gasteiger partial charge < -0.3 is 15.5 Å². The summed E-state index contributed by atoms with van der Waals surface area (Å²) >= 11 is 0. The lowest BCUT2D eigenvalue weighted by atomic mass is 10.1. The first-order valence-corrected chi connectivity index (χ1v) is 10.4. The SMILES string of the molecule is CN1CCN(c2ccc(N=C(N)c3cc4c(-c5ccccc5)n[nH]c4cn3)cc2)CC1. The zero-order chi connectivity index (χ0) is 21.2. The van der Waals surface area contributed by atoms with E-state index in [1.807, 2.05) is 48.5 Å². The number of rotatable bonds is 4. The number of H-pyrrole nitrogens is 1. The van der Waals surface area contributed by atoms with Gasteiger partial charge in [0, 0.05) is 42.8 Å². The molecule has 156 valence electrons. The maximum atomic E-state index is 6.31. The van der Waals surface area contributed by atoms with Gasteiger partial charge in [-0.2, -0.15) is 5.10 Å². The fraction of sp³-hybridized carbons (Fsp3) is 0.208. The van der Waals surface area contributed by atoms with Gasteiger partial charge in [-0.1, -0.05) is 30.3 Å². The first-order valence-electron chi connectivity index (χ1n) is 10.4. The van der Waals surface area contributed by atoms with Crippen LogP contribution in [-0.2, 0) is 0 Å². The second-order valence-corrected chi connectivity index (χ2v) is 7.86. The molecular weight excluding hydrogens is 386 g/mol. The Hall–Kier alpha value is -3.71. The van der Waals surface area contributed by atoms with E-state index < -0.39 is 0 Å². The minimum Gasteiger partial charge on any atom is -0.382 e. The standard InChI is InChI=1S/C24H25N7/c1-30-11-13-31(14-12-30)19-9-7-18(8-10-19)27-24(25)21-15-20-22(16-26-21)28-29-23(20)17-5-3-2-4-6-17/h2-10,15-16H,11-14H2,1H3,(H2,25,27)(H,28,29). The Morgan fingerprint density at radius 3 is 2.48 bits per heavy atom. The largest absolute Gasteiger partial charge is 0.382 e. The lowest BCUT2D eigenvalue weighted by Crippen LogP contribution is -2.44. The number of amidine groups is 1. The fourth-order valence-electron chi connectivity index (χ4n) is 3.87. The third-order valence-electron chi connectivity index (χ3n) is 5.72. The monoisotopic (exact) mass is 411 g/mol. The summed E-state index contributed by atoms with van der Waals surface area (Å²) in [4.78, 5) is 13.8. The van der Waals surface area contributed by atoms with Crippen molar-refractivity contribution in [3.8, 4) is 11.3 Å². The van der Waals surface area contributed by atoms with E-state index in [0.717, 1.165) is 54.0 Å². The molecule has 0 unspecified atom stereocenters.